The number of aliphatic hydroxyl groups is 1. The molecule has 270 valence electrons. The molecular formula is C40H45NO10. The molecule has 0 bridgehead atoms. The van der Waals surface area contributed by atoms with Crippen LogP contribution in [0.3, 0.4) is 0 Å². The van der Waals surface area contributed by atoms with Crippen LogP contribution >= 0.6 is 0 Å². The van der Waals surface area contributed by atoms with E-state index in [0.717, 1.165) is 29.0 Å². The predicted octanol–water partition coefficient (Wildman–Crippen LogP) is 5.57. The summed E-state index contributed by atoms with van der Waals surface area (Å²) >= 11 is 0. The van der Waals surface area contributed by atoms with Crippen LogP contribution in [0.2, 0.25) is 0 Å². The fraction of sp³-hybridized carbons (Fsp3) is 0.375. The highest BCUT2D eigenvalue weighted by Gasteiger charge is 2.47. The average Bonchev–Trinajstić information content (AvgIpc) is 3.43. The summed E-state index contributed by atoms with van der Waals surface area (Å²) in [5.74, 6) is -4.00. The zero-order chi connectivity index (χ0) is 36.9. The summed E-state index contributed by atoms with van der Waals surface area (Å²) < 4.78 is 22.3. The summed E-state index contributed by atoms with van der Waals surface area (Å²) in [7, 11) is 0. The Morgan fingerprint density at radius 3 is 2.31 bits per heavy atom. The number of ketones is 2. The number of rotatable bonds is 18. The van der Waals surface area contributed by atoms with E-state index in [4.69, 9.17) is 18.9 Å². The van der Waals surface area contributed by atoms with Gasteiger partial charge < -0.3 is 24.1 Å². The standard InChI is InChI=1S/C40H45NO10/c1-26-13-11-18-32(21-26)34(35(44)19-12-20-48-25-33(23-42)49-24-30-14-7-5-8-15-30)22-36(45)37(50-29(4)43)27(2)39(46)41-28(3)38(51-40(41)47)31-16-9-6-10-17-31/h5-11,13-18,21-22,27-28,33,37-38,42H,12,19-20,23-25H2,1-4H3/t27-,28-,33+,37-,38-/m0/s1. The molecule has 1 aliphatic heterocycles. The number of benzene rings is 3. The topological polar surface area (TPSA) is 146 Å². The van der Waals surface area contributed by atoms with Gasteiger partial charge >= 0.3 is 12.1 Å². The number of esters is 1. The third-order valence-corrected chi connectivity index (χ3v) is 8.50. The van der Waals surface area contributed by atoms with Crippen LogP contribution in [0.4, 0.5) is 4.79 Å². The molecule has 3 aromatic rings. The summed E-state index contributed by atoms with van der Waals surface area (Å²) in [6, 6.07) is 24.9. The zero-order valence-electron chi connectivity index (χ0n) is 29.4. The van der Waals surface area contributed by atoms with Crippen LogP contribution in [0, 0.1) is 12.8 Å². The molecule has 2 amide bonds. The van der Waals surface area contributed by atoms with E-state index < -0.39 is 54.0 Å². The minimum atomic E-state index is -1.62. The van der Waals surface area contributed by atoms with Crippen molar-refractivity contribution in [3.8, 4) is 0 Å². The summed E-state index contributed by atoms with van der Waals surface area (Å²) in [6.45, 7) is 6.43. The SMILES string of the molecule is CC(=O)O[C@H](C(=O)C=C(C(=O)CCCOC[C@@H](CO)OCc1ccccc1)c1cccc(C)c1)[C@H](C)C(=O)N1C(=O)O[C@H](c2ccccc2)[C@@H]1C. The first kappa shape index (κ1) is 38.8. The van der Waals surface area contributed by atoms with Crippen LogP contribution in [0.1, 0.15) is 62.0 Å². The van der Waals surface area contributed by atoms with Crippen molar-refractivity contribution in [2.45, 2.75) is 71.5 Å². The molecule has 1 N–H and O–H groups in total. The summed E-state index contributed by atoms with van der Waals surface area (Å²) in [5.41, 5.74) is 3.08. The summed E-state index contributed by atoms with van der Waals surface area (Å²) in [4.78, 5) is 67.3. The lowest BCUT2D eigenvalue weighted by Gasteiger charge is -2.26. The summed E-state index contributed by atoms with van der Waals surface area (Å²) in [5, 5.41) is 9.70. The molecule has 51 heavy (non-hydrogen) atoms. The first-order valence-electron chi connectivity index (χ1n) is 17.0. The van der Waals surface area contributed by atoms with Crippen molar-refractivity contribution >= 4 is 35.1 Å². The molecule has 0 aromatic heterocycles. The molecule has 0 saturated carbocycles. The van der Waals surface area contributed by atoms with Crippen molar-refractivity contribution in [3.63, 3.8) is 0 Å². The van der Waals surface area contributed by atoms with Gasteiger partial charge in [0.15, 0.2) is 17.7 Å². The smallest absolute Gasteiger partial charge is 0.417 e. The Hall–Kier alpha value is -4.97. The molecule has 1 fully saturated rings. The maximum Gasteiger partial charge on any atom is 0.417 e. The van der Waals surface area contributed by atoms with E-state index in [1.165, 1.54) is 6.92 Å². The average molecular weight is 700 g/mol. The van der Waals surface area contributed by atoms with Gasteiger partial charge in [0.2, 0.25) is 5.91 Å². The van der Waals surface area contributed by atoms with E-state index in [1.54, 1.807) is 49.4 Å². The lowest BCUT2D eigenvalue weighted by Crippen LogP contribution is -2.47. The quantitative estimate of drug-likeness (QED) is 0.102. The number of imide groups is 1. The Bertz CT molecular complexity index is 1690. The van der Waals surface area contributed by atoms with Gasteiger partial charge in [-0.3, -0.25) is 19.2 Å². The fourth-order valence-electron chi connectivity index (χ4n) is 5.77. The number of nitrogens with zero attached hydrogens (tertiary/aromatic N) is 1. The van der Waals surface area contributed by atoms with Crippen molar-refractivity contribution in [2.24, 2.45) is 5.92 Å². The first-order valence-corrected chi connectivity index (χ1v) is 17.0. The number of hydrogen-bond donors (Lipinski definition) is 1. The van der Waals surface area contributed by atoms with Crippen molar-refractivity contribution in [1.29, 1.82) is 0 Å². The zero-order valence-corrected chi connectivity index (χ0v) is 29.4. The molecule has 1 saturated heterocycles. The van der Waals surface area contributed by atoms with Gasteiger partial charge in [0.25, 0.3) is 0 Å². The normalized spacial score (nSPS) is 17.7. The monoisotopic (exact) mass is 699 g/mol. The minimum absolute atomic E-state index is 0.0203. The number of carbonyl (C=O) groups excluding carboxylic acids is 5. The number of aliphatic hydroxyl groups excluding tert-OH is 1. The Morgan fingerprint density at radius 1 is 0.980 bits per heavy atom. The van der Waals surface area contributed by atoms with Crippen LogP contribution in [0.5, 0.6) is 0 Å². The van der Waals surface area contributed by atoms with Crippen LogP contribution in [0.15, 0.2) is 91.0 Å². The molecule has 1 heterocycles. The van der Waals surface area contributed by atoms with Gasteiger partial charge in [-0.05, 0) is 50.0 Å². The molecule has 11 heteroatoms. The minimum Gasteiger partial charge on any atom is -0.453 e. The number of Topliss-reactive ketones (excluding diaryl/α,β-unsaturated/α-hetero) is 1. The fourth-order valence-corrected chi connectivity index (χ4v) is 5.77. The van der Waals surface area contributed by atoms with E-state index >= 15 is 0 Å². The molecule has 0 spiro atoms. The number of carbonyl (C=O) groups is 5. The van der Waals surface area contributed by atoms with Gasteiger partial charge in [0, 0.05) is 25.5 Å². The molecule has 0 aliphatic carbocycles. The third-order valence-electron chi connectivity index (χ3n) is 8.50. The molecule has 3 aromatic carbocycles. The van der Waals surface area contributed by atoms with E-state index in [9.17, 15) is 29.1 Å². The Kier molecular flexibility index (Phi) is 14.4. The van der Waals surface area contributed by atoms with Gasteiger partial charge in [-0.25, -0.2) is 9.69 Å². The van der Waals surface area contributed by atoms with Gasteiger partial charge in [0.1, 0.15) is 12.2 Å². The highest BCUT2D eigenvalue weighted by molar-refractivity contribution is 6.25. The Labute approximate surface area is 298 Å². The van der Waals surface area contributed by atoms with E-state index in [0.29, 0.717) is 24.2 Å². The highest BCUT2D eigenvalue weighted by atomic mass is 16.6. The Balaban J connectivity index is 1.45. The van der Waals surface area contributed by atoms with Crippen LogP contribution in [0.25, 0.3) is 5.57 Å². The molecule has 4 rings (SSSR count). The molecule has 0 radical (unpaired) electrons. The number of allylic oxidation sites excluding steroid dienone is 1. The maximum absolute atomic E-state index is 13.9. The lowest BCUT2D eigenvalue weighted by atomic mass is 9.92. The van der Waals surface area contributed by atoms with Gasteiger partial charge in [-0.15, -0.1) is 0 Å². The van der Waals surface area contributed by atoms with Crippen LogP contribution < -0.4 is 0 Å². The van der Waals surface area contributed by atoms with Crippen molar-refractivity contribution in [2.75, 3.05) is 19.8 Å². The lowest BCUT2D eigenvalue weighted by molar-refractivity contribution is -0.158. The van der Waals surface area contributed by atoms with Gasteiger partial charge in [0.05, 0.1) is 31.8 Å². The van der Waals surface area contributed by atoms with Crippen molar-refractivity contribution < 1.29 is 48.0 Å². The molecule has 1 aliphatic rings. The Morgan fingerprint density at radius 2 is 1.67 bits per heavy atom. The number of aryl methyl sites for hydroxylation is 1. The largest absolute Gasteiger partial charge is 0.453 e. The van der Waals surface area contributed by atoms with E-state index in [1.807, 2.05) is 49.4 Å². The van der Waals surface area contributed by atoms with E-state index in [-0.39, 0.29) is 37.6 Å². The third kappa shape index (κ3) is 10.8. The molecular weight excluding hydrogens is 654 g/mol. The highest BCUT2D eigenvalue weighted by Crippen LogP contribution is 2.34. The van der Waals surface area contributed by atoms with Crippen molar-refractivity contribution in [3.05, 3.63) is 113 Å². The summed E-state index contributed by atoms with van der Waals surface area (Å²) in [6.07, 6.45) is -2.31. The molecule has 11 nitrogen and oxygen atoms in total. The predicted molar refractivity (Wildman–Crippen MR) is 188 cm³/mol. The number of amides is 2. The first-order chi connectivity index (χ1) is 24.5. The van der Waals surface area contributed by atoms with Crippen LogP contribution in [-0.4, -0.2) is 77.6 Å². The second-order valence-electron chi connectivity index (χ2n) is 12.5. The second-order valence-corrected chi connectivity index (χ2v) is 12.5. The number of hydrogen-bond acceptors (Lipinski definition) is 10. The second kappa shape index (κ2) is 18.9. The number of cyclic esters (lactones) is 1. The van der Waals surface area contributed by atoms with Gasteiger partial charge in [-0.2, -0.15) is 0 Å². The van der Waals surface area contributed by atoms with E-state index in [2.05, 4.69) is 0 Å². The van der Waals surface area contributed by atoms with Crippen LogP contribution in [-0.2, 0) is 44.7 Å². The number of ether oxygens (including phenoxy) is 4. The van der Waals surface area contributed by atoms with Crippen molar-refractivity contribution in [1.82, 2.24) is 4.90 Å². The van der Waals surface area contributed by atoms with Gasteiger partial charge in [-0.1, -0.05) is 90.5 Å². The maximum atomic E-state index is 13.9. The molecule has 5 atom stereocenters. The molecule has 0 unspecified atom stereocenters.